The van der Waals surface area contributed by atoms with Crippen molar-refractivity contribution in [3.63, 3.8) is 0 Å². The highest BCUT2D eigenvalue weighted by atomic mass is 15.1. The van der Waals surface area contributed by atoms with Crippen LogP contribution < -0.4 is 0 Å². The summed E-state index contributed by atoms with van der Waals surface area (Å²) in [6, 6.07) is 0. The fourth-order valence-corrected chi connectivity index (χ4v) is 0.245. The van der Waals surface area contributed by atoms with Crippen LogP contribution in [0.2, 0.25) is 0 Å². The summed E-state index contributed by atoms with van der Waals surface area (Å²) < 4.78 is 0. The Balaban J connectivity index is 2.97. The summed E-state index contributed by atoms with van der Waals surface area (Å²) in [5.74, 6) is 0. The standard InChI is InChI=1S/C5H12N2/c1-6-4-5-7(2)3/h4H,5H2,1-3H3/b6-4+. The summed E-state index contributed by atoms with van der Waals surface area (Å²) in [5, 5.41) is 0. The van der Waals surface area contributed by atoms with E-state index in [1.54, 1.807) is 7.05 Å². The second-order valence-electron chi connectivity index (χ2n) is 1.70. The summed E-state index contributed by atoms with van der Waals surface area (Å²) in [4.78, 5) is 5.87. The number of hydrogen-bond acceptors (Lipinski definition) is 2. The molecule has 2 nitrogen and oxygen atoms in total. The van der Waals surface area contributed by atoms with Crippen LogP contribution in [0.3, 0.4) is 0 Å². The van der Waals surface area contributed by atoms with E-state index in [0.29, 0.717) is 0 Å². The maximum Gasteiger partial charge on any atom is 0.0326 e. The van der Waals surface area contributed by atoms with Gasteiger partial charge in [0.05, 0.1) is 0 Å². The van der Waals surface area contributed by atoms with Gasteiger partial charge in [-0.15, -0.1) is 0 Å². The van der Waals surface area contributed by atoms with Crippen LogP contribution in [-0.2, 0) is 0 Å². The van der Waals surface area contributed by atoms with E-state index in [2.05, 4.69) is 9.89 Å². The Morgan fingerprint density at radius 3 is 2.29 bits per heavy atom. The number of rotatable bonds is 2. The Bertz CT molecular complexity index is 57.1. The molecule has 7 heavy (non-hydrogen) atoms. The number of hydrogen-bond donors (Lipinski definition) is 0. The van der Waals surface area contributed by atoms with Crippen LogP contribution >= 0.6 is 0 Å². The van der Waals surface area contributed by atoms with E-state index in [0.717, 1.165) is 6.54 Å². The molecule has 0 aliphatic rings. The summed E-state index contributed by atoms with van der Waals surface area (Å²) in [5.41, 5.74) is 0. The van der Waals surface area contributed by atoms with Crippen molar-refractivity contribution in [1.82, 2.24) is 4.90 Å². The maximum absolute atomic E-state index is 3.81. The van der Waals surface area contributed by atoms with Crippen molar-refractivity contribution in [2.45, 2.75) is 0 Å². The topological polar surface area (TPSA) is 15.6 Å². The van der Waals surface area contributed by atoms with Crippen LogP contribution in [-0.4, -0.2) is 38.8 Å². The Morgan fingerprint density at radius 2 is 2.14 bits per heavy atom. The average molecular weight is 100 g/mol. The van der Waals surface area contributed by atoms with Crippen molar-refractivity contribution in [3.8, 4) is 0 Å². The van der Waals surface area contributed by atoms with E-state index in [1.165, 1.54) is 0 Å². The fraction of sp³-hybridized carbons (Fsp3) is 0.800. The predicted molar refractivity (Wildman–Crippen MR) is 33.0 cm³/mol. The van der Waals surface area contributed by atoms with Gasteiger partial charge < -0.3 is 4.90 Å². The molecule has 0 bridgehead atoms. The average Bonchev–Trinajstić information content (AvgIpc) is 1.61. The molecule has 0 radical (unpaired) electrons. The minimum Gasteiger partial charge on any atom is -0.304 e. The minimum absolute atomic E-state index is 0.941. The molecule has 0 aromatic rings. The predicted octanol–water partition coefficient (Wildman–Crippen LogP) is 0.249. The van der Waals surface area contributed by atoms with E-state index in [1.807, 2.05) is 20.3 Å². The van der Waals surface area contributed by atoms with Gasteiger partial charge in [-0.1, -0.05) is 0 Å². The van der Waals surface area contributed by atoms with Crippen molar-refractivity contribution in [2.75, 3.05) is 27.7 Å². The van der Waals surface area contributed by atoms with Gasteiger partial charge in [0, 0.05) is 19.8 Å². The third-order valence-electron chi connectivity index (χ3n) is 0.629. The molecule has 0 N–H and O–H groups in total. The van der Waals surface area contributed by atoms with Gasteiger partial charge in [-0.3, -0.25) is 4.99 Å². The Labute approximate surface area is 44.9 Å². The van der Waals surface area contributed by atoms with Crippen molar-refractivity contribution in [2.24, 2.45) is 4.99 Å². The first kappa shape index (κ1) is 6.63. The monoisotopic (exact) mass is 100 g/mol. The van der Waals surface area contributed by atoms with Gasteiger partial charge in [0.2, 0.25) is 0 Å². The van der Waals surface area contributed by atoms with Crippen LogP contribution in [0.15, 0.2) is 4.99 Å². The van der Waals surface area contributed by atoms with Gasteiger partial charge in [0.25, 0.3) is 0 Å². The molecule has 0 heterocycles. The van der Waals surface area contributed by atoms with Crippen LogP contribution in [0.25, 0.3) is 0 Å². The second-order valence-corrected chi connectivity index (χ2v) is 1.70. The lowest BCUT2D eigenvalue weighted by atomic mass is 10.6. The molecule has 0 aliphatic heterocycles. The molecule has 0 fully saturated rings. The number of nitrogens with zero attached hydrogens (tertiary/aromatic N) is 2. The fourth-order valence-electron chi connectivity index (χ4n) is 0.245. The van der Waals surface area contributed by atoms with Crippen molar-refractivity contribution in [3.05, 3.63) is 0 Å². The first-order chi connectivity index (χ1) is 3.27. The van der Waals surface area contributed by atoms with E-state index >= 15 is 0 Å². The van der Waals surface area contributed by atoms with Gasteiger partial charge in [-0.2, -0.15) is 0 Å². The van der Waals surface area contributed by atoms with Gasteiger partial charge in [0.1, 0.15) is 0 Å². The van der Waals surface area contributed by atoms with Crippen LogP contribution in [0.1, 0.15) is 0 Å². The third-order valence-corrected chi connectivity index (χ3v) is 0.629. The van der Waals surface area contributed by atoms with Gasteiger partial charge in [-0.25, -0.2) is 0 Å². The van der Waals surface area contributed by atoms with Gasteiger partial charge >= 0.3 is 0 Å². The van der Waals surface area contributed by atoms with Crippen LogP contribution in [0.5, 0.6) is 0 Å². The largest absolute Gasteiger partial charge is 0.304 e. The summed E-state index contributed by atoms with van der Waals surface area (Å²) in [6.45, 7) is 0.941. The second kappa shape index (κ2) is 3.81. The molecule has 0 rings (SSSR count). The van der Waals surface area contributed by atoms with Gasteiger partial charge in [0.15, 0.2) is 0 Å². The van der Waals surface area contributed by atoms with E-state index < -0.39 is 0 Å². The van der Waals surface area contributed by atoms with Crippen LogP contribution in [0.4, 0.5) is 0 Å². The Hall–Kier alpha value is -0.370. The lowest BCUT2D eigenvalue weighted by Crippen LogP contribution is -2.13. The van der Waals surface area contributed by atoms with Crippen molar-refractivity contribution in [1.29, 1.82) is 0 Å². The molecule has 0 aromatic carbocycles. The molecule has 0 saturated carbocycles. The van der Waals surface area contributed by atoms with E-state index in [-0.39, 0.29) is 0 Å². The van der Waals surface area contributed by atoms with Crippen LogP contribution in [0, 0.1) is 0 Å². The minimum atomic E-state index is 0.941. The summed E-state index contributed by atoms with van der Waals surface area (Å²) >= 11 is 0. The zero-order valence-electron chi connectivity index (χ0n) is 5.18. The molecule has 0 spiro atoms. The molecule has 0 unspecified atom stereocenters. The number of aliphatic imine (C=N–C) groups is 1. The third kappa shape index (κ3) is 5.63. The lowest BCUT2D eigenvalue weighted by Gasteiger charge is -2.01. The highest BCUT2D eigenvalue weighted by molar-refractivity contribution is 5.59. The van der Waals surface area contributed by atoms with Crippen molar-refractivity contribution >= 4 is 6.21 Å². The zero-order valence-corrected chi connectivity index (χ0v) is 5.18. The smallest absolute Gasteiger partial charge is 0.0326 e. The first-order valence-electron chi connectivity index (χ1n) is 2.32. The molecule has 0 saturated heterocycles. The molecule has 0 amide bonds. The van der Waals surface area contributed by atoms with Gasteiger partial charge in [-0.05, 0) is 14.1 Å². The van der Waals surface area contributed by atoms with E-state index in [9.17, 15) is 0 Å². The molecule has 2 heteroatoms. The molecule has 0 aromatic heterocycles. The Morgan fingerprint density at radius 1 is 1.57 bits per heavy atom. The molecule has 0 atom stereocenters. The molecule has 0 aliphatic carbocycles. The summed E-state index contributed by atoms with van der Waals surface area (Å²) in [6.07, 6.45) is 1.88. The van der Waals surface area contributed by atoms with Crippen molar-refractivity contribution < 1.29 is 0 Å². The highest BCUT2D eigenvalue weighted by Gasteiger charge is 1.78. The summed E-state index contributed by atoms with van der Waals surface area (Å²) in [7, 11) is 5.81. The highest BCUT2D eigenvalue weighted by Crippen LogP contribution is 1.65. The molecular weight excluding hydrogens is 88.1 g/mol. The lowest BCUT2D eigenvalue weighted by molar-refractivity contribution is 0.473. The molecular formula is C5H12N2. The first-order valence-corrected chi connectivity index (χ1v) is 2.32. The zero-order chi connectivity index (χ0) is 5.70. The SMILES string of the molecule is C/N=C/CN(C)C. The molecule has 42 valence electrons. The normalized spacial score (nSPS) is 11.4. The van der Waals surface area contributed by atoms with E-state index in [4.69, 9.17) is 0 Å². The quantitative estimate of drug-likeness (QED) is 0.454. The maximum atomic E-state index is 3.81. The Kier molecular flexibility index (Phi) is 3.61.